The van der Waals surface area contributed by atoms with Crippen LogP contribution < -0.4 is 5.73 Å². The van der Waals surface area contributed by atoms with E-state index in [4.69, 9.17) is 11.1 Å². The molecule has 0 aliphatic rings. The van der Waals surface area contributed by atoms with Gasteiger partial charge in [-0.1, -0.05) is 141 Å². The molecule has 0 saturated heterocycles. The molecular weight excluding hydrogens is 580 g/mol. The largest absolute Gasteiger partial charge is 0.386 e. The van der Waals surface area contributed by atoms with Crippen LogP contribution in [0, 0.1) is 11.3 Å². The lowest BCUT2D eigenvalue weighted by molar-refractivity contribution is -0.119. The predicted molar refractivity (Wildman–Crippen MR) is 205 cm³/mol. The molecule has 0 aromatic heterocycles. The van der Waals surface area contributed by atoms with E-state index in [-0.39, 0.29) is 23.4 Å². The molecule has 0 bridgehead atoms. The van der Waals surface area contributed by atoms with Gasteiger partial charge in [-0.05, 0) is 64.2 Å². The van der Waals surface area contributed by atoms with Crippen molar-refractivity contribution in [2.45, 2.75) is 194 Å². The summed E-state index contributed by atoms with van der Waals surface area (Å²) in [5.41, 5.74) is 6.20. The minimum Gasteiger partial charge on any atom is -0.386 e. The number of hydrogen-bond acceptors (Lipinski definition) is 3. The molecule has 0 fully saturated rings. The molecule has 47 heavy (non-hydrogen) atoms. The van der Waals surface area contributed by atoms with Crippen molar-refractivity contribution in [1.29, 1.82) is 5.41 Å². The Morgan fingerprint density at radius 3 is 1.30 bits per heavy atom. The number of unbranched alkanes of at least 4 members (excludes halogenated alkanes) is 22. The zero-order valence-electron chi connectivity index (χ0n) is 31.5. The first kappa shape index (κ1) is 44.8. The maximum absolute atomic E-state index is 13.1. The Balaban J connectivity index is 4.17. The molecule has 0 aliphatic carbocycles. The number of nitrogens with zero attached hydrogens (tertiary/aromatic N) is 2. The molecule has 0 radical (unpaired) electrons. The van der Waals surface area contributed by atoms with E-state index >= 15 is 0 Å². The Morgan fingerprint density at radius 1 is 0.574 bits per heavy atom. The average Bonchev–Trinajstić information content (AvgIpc) is 3.04. The van der Waals surface area contributed by atoms with Gasteiger partial charge in [0.05, 0.1) is 0 Å². The molecule has 0 aromatic rings. The molecule has 0 aliphatic heterocycles. The maximum atomic E-state index is 13.1. The molecule has 6 heteroatoms. The molecule has 1 unspecified atom stereocenters. The normalized spacial score (nSPS) is 12.7. The monoisotopic (exact) mass is 657 g/mol. The number of Topliss-reactive ketones (excluding diaryl/α,β-unsaturated/α-hetero) is 1. The zero-order valence-corrected chi connectivity index (χ0v) is 31.5. The Bertz CT molecular complexity index is 862. The number of allylic oxidation sites excluding steroid dienone is 4. The number of rotatable bonds is 33. The number of nitrogens with one attached hydrogen (secondary N) is 1. The van der Waals surface area contributed by atoms with Gasteiger partial charge in [-0.25, -0.2) is 0 Å². The highest BCUT2D eigenvalue weighted by Gasteiger charge is 2.28. The van der Waals surface area contributed by atoms with Crippen LogP contribution in [0.2, 0.25) is 0 Å². The van der Waals surface area contributed by atoms with Crippen molar-refractivity contribution < 1.29 is 9.59 Å². The summed E-state index contributed by atoms with van der Waals surface area (Å²) in [5, 5.41) is 8.44. The Morgan fingerprint density at radius 2 is 0.915 bits per heavy atom. The van der Waals surface area contributed by atoms with Crippen LogP contribution >= 0.6 is 0 Å². The highest BCUT2D eigenvalue weighted by atomic mass is 16.1. The number of amides is 1. The lowest BCUT2D eigenvalue weighted by Crippen LogP contribution is -2.43. The summed E-state index contributed by atoms with van der Waals surface area (Å²) < 4.78 is 0. The highest BCUT2D eigenvalue weighted by molar-refractivity contribution is 6.21. The predicted octanol–water partition coefficient (Wildman–Crippen LogP) is 11.7. The number of hydrogen-bond donors (Lipinski definition) is 2. The lowest BCUT2D eigenvalue weighted by atomic mass is 9.95. The number of amidine groups is 2. The van der Waals surface area contributed by atoms with Gasteiger partial charge in [0, 0.05) is 26.9 Å². The molecule has 1 amide bonds. The summed E-state index contributed by atoms with van der Waals surface area (Å²) in [6.07, 6.45) is 41.4. The number of nitrogens with two attached hydrogens (primary N) is 1. The van der Waals surface area contributed by atoms with E-state index in [0.717, 1.165) is 51.4 Å². The van der Waals surface area contributed by atoms with Crippen LogP contribution in [0.5, 0.6) is 0 Å². The zero-order chi connectivity index (χ0) is 34.8. The van der Waals surface area contributed by atoms with E-state index < -0.39 is 5.92 Å². The van der Waals surface area contributed by atoms with Crippen LogP contribution in [-0.2, 0) is 9.59 Å². The third-order valence-corrected chi connectivity index (χ3v) is 8.96. The smallest absolute Gasteiger partial charge is 0.247 e. The van der Waals surface area contributed by atoms with Gasteiger partial charge in [-0.3, -0.25) is 15.0 Å². The number of carbonyl (C=O) groups is 2. The van der Waals surface area contributed by atoms with Crippen molar-refractivity contribution in [2.24, 2.45) is 16.6 Å². The van der Waals surface area contributed by atoms with Gasteiger partial charge in [0.15, 0.2) is 5.78 Å². The molecule has 3 N–H and O–H groups in total. The van der Waals surface area contributed by atoms with E-state index in [1.807, 2.05) is 0 Å². The van der Waals surface area contributed by atoms with Crippen LogP contribution in [0.1, 0.15) is 194 Å². The summed E-state index contributed by atoms with van der Waals surface area (Å²) in [4.78, 5) is 31.3. The SMILES string of the molecule is CCCCCCCCC=CCCCCCCCC(=O)N=C(N)C(C(=N)N(C)C)C(=O)CCCCCCCC=CCCCCCCCC. The lowest BCUT2D eigenvalue weighted by Gasteiger charge is -2.22. The van der Waals surface area contributed by atoms with Crippen LogP contribution in [-0.4, -0.2) is 42.4 Å². The Hall–Kier alpha value is -2.24. The van der Waals surface area contributed by atoms with Crippen LogP contribution in [0.4, 0.5) is 0 Å². The van der Waals surface area contributed by atoms with Crippen molar-refractivity contribution >= 4 is 23.4 Å². The second kappa shape index (κ2) is 33.7. The maximum Gasteiger partial charge on any atom is 0.247 e. The quantitative estimate of drug-likeness (QED) is 0.0318. The van der Waals surface area contributed by atoms with Gasteiger partial charge in [0.1, 0.15) is 17.6 Å². The van der Waals surface area contributed by atoms with Crippen molar-refractivity contribution in [3.05, 3.63) is 24.3 Å². The van der Waals surface area contributed by atoms with E-state index in [9.17, 15) is 9.59 Å². The third kappa shape index (κ3) is 28.5. The van der Waals surface area contributed by atoms with Gasteiger partial charge < -0.3 is 10.6 Å². The van der Waals surface area contributed by atoms with Crippen LogP contribution in [0.15, 0.2) is 29.3 Å². The van der Waals surface area contributed by atoms with Crippen molar-refractivity contribution in [3.63, 3.8) is 0 Å². The molecule has 0 spiro atoms. The first-order valence-corrected chi connectivity index (χ1v) is 19.8. The van der Waals surface area contributed by atoms with Crippen LogP contribution in [0.25, 0.3) is 0 Å². The van der Waals surface area contributed by atoms with Crippen molar-refractivity contribution in [3.8, 4) is 0 Å². The van der Waals surface area contributed by atoms with E-state index in [0.29, 0.717) is 12.8 Å². The van der Waals surface area contributed by atoms with Gasteiger partial charge in [0.25, 0.3) is 0 Å². The van der Waals surface area contributed by atoms with E-state index in [2.05, 4.69) is 43.1 Å². The molecule has 0 saturated carbocycles. The van der Waals surface area contributed by atoms with Gasteiger partial charge >= 0.3 is 0 Å². The fourth-order valence-corrected chi connectivity index (χ4v) is 5.84. The fourth-order valence-electron chi connectivity index (χ4n) is 5.84. The third-order valence-electron chi connectivity index (χ3n) is 8.96. The van der Waals surface area contributed by atoms with Crippen LogP contribution in [0.3, 0.4) is 0 Å². The van der Waals surface area contributed by atoms with Gasteiger partial charge in [0.2, 0.25) is 5.91 Å². The molecule has 0 heterocycles. The summed E-state index contributed by atoms with van der Waals surface area (Å²) in [6.45, 7) is 4.52. The van der Waals surface area contributed by atoms with Gasteiger partial charge in [-0.15, -0.1) is 0 Å². The molecular formula is C41H76N4O2. The summed E-state index contributed by atoms with van der Waals surface area (Å²) in [5.74, 6) is -1.28. The molecule has 1 atom stereocenters. The number of aliphatic imine (C=N–C) groups is 1. The summed E-state index contributed by atoms with van der Waals surface area (Å²) in [6, 6.07) is 0. The van der Waals surface area contributed by atoms with Crippen molar-refractivity contribution in [2.75, 3.05) is 14.1 Å². The minimum atomic E-state index is -0.945. The highest BCUT2D eigenvalue weighted by Crippen LogP contribution is 2.15. The molecule has 272 valence electrons. The Labute approximate surface area is 291 Å². The van der Waals surface area contributed by atoms with Gasteiger partial charge in [-0.2, -0.15) is 4.99 Å². The molecule has 0 rings (SSSR count). The minimum absolute atomic E-state index is 0.0285. The topological polar surface area (TPSA) is 99.6 Å². The fraction of sp³-hybridized carbons (Fsp3) is 0.805. The second-order valence-corrected chi connectivity index (χ2v) is 13.8. The standard InChI is InChI=1S/C41H76N4O2/c1-5-7-9-11-13-15-17-19-21-23-25-27-29-31-33-35-37(46)39(41(43)45(3)4)40(42)44-38(47)36-34-32-30-28-26-24-22-20-18-16-14-12-10-8-6-2/h19-22,39,43H,5-18,23-36H2,1-4H3,(H2,42,44,47). The summed E-state index contributed by atoms with van der Waals surface area (Å²) >= 11 is 0. The number of ketones is 1. The average molecular weight is 657 g/mol. The molecule has 6 nitrogen and oxygen atoms in total. The Kier molecular flexibility index (Phi) is 32.0. The summed E-state index contributed by atoms with van der Waals surface area (Å²) in [7, 11) is 3.45. The second-order valence-electron chi connectivity index (χ2n) is 13.8. The first-order valence-electron chi connectivity index (χ1n) is 19.8. The first-order chi connectivity index (χ1) is 22.8. The van der Waals surface area contributed by atoms with E-state index in [1.54, 1.807) is 19.0 Å². The van der Waals surface area contributed by atoms with Crippen molar-refractivity contribution in [1.82, 2.24) is 4.90 Å². The number of carbonyl (C=O) groups excluding carboxylic acids is 2. The van der Waals surface area contributed by atoms with E-state index in [1.165, 1.54) is 116 Å². The molecule has 0 aromatic carbocycles.